The number of nitriles is 1. The minimum absolute atomic E-state index is 0.370. The van der Waals surface area contributed by atoms with Crippen LogP contribution in [0, 0.1) is 11.3 Å². The molecule has 0 heterocycles. The first-order valence-electron chi connectivity index (χ1n) is 5.47. The summed E-state index contributed by atoms with van der Waals surface area (Å²) in [7, 11) is 2.08. The van der Waals surface area contributed by atoms with Gasteiger partial charge in [-0.3, -0.25) is 5.32 Å². The Morgan fingerprint density at radius 3 is 2.64 bits per heavy atom. The van der Waals surface area contributed by atoms with Crippen molar-refractivity contribution in [1.82, 2.24) is 10.2 Å². The maximum absolute atomic E-state index is 9.14. The van der Waals surface area contributed by atoms with Crippen LogP contribution in [-0.4, -0.2) is 36.6 Å². The van der Waals surface area contributed by atoms with E-state index in [1.165, 1.54) is 12.8 Å². The summed E-state index contributed by atoms with van der Waals surface area (Å²) in [5.74, 6) is 0. The van der Waals surface area contributed by atoms with E-state index in [0.29, 0.717) is 6.04 Å². The Labute approximate surface area is 87.1 Å². The van der Waals surface area contributed by atoms with Gasteiger partial charge in [0.2, 0.25) is 0 Å². The predicted molar refractivity (Wildman–Crippen MR) is 58.0 cm³/mol. The van der Waals surface area contributed by atoms with E-state index in [1.807, 2.05) is 6.92 Å². The van der Waals surface area contributed by atoms with E-state index in [2.05, 4.69) is 30.3 Å². The topological polar surface area (TPSA) is 39.1 Å². The molecule has 1 atom stereocenters. The molecule has 0 aliphatic heterocycles. The van der Waals surface area contributed by atoms with Crippen molar-refractivity contribution in [3.8, 4) is 6.07 Å². The summed E-state index contributed by atoms with van der Waals surface area (Å²) in [5, 5.41) is 12.5. The zero-order valence-corrected chi connectivity index (χ0v) is 9.51. The van der Waals surface area contributed by atoms with E-state index in [4.69, 9.17) is 5.26 Å². The van der Waals surface area contributed by atoms with Gasteiger partial charge in [0.1, 0.15) is 5.54 Å². The number of likely N-dealkylation sites (N-methyl/N-ethyl adjacent to an activating group) is 1. The molecule has 0 radical (unpaired) electrons. The second kappa shape index (κ2) is 4.77. The van der Waals surface area contributed by atoms with Gasteiger partial charge in [-0.2, -0.15) is 5.26 Å². The quantitative estimate of drug-likeness (QED) is 0.695. The lowest BCUT2D eigenvalue weighted by molar-refractivity contribution is 0.259. The minimum Gasteiger partial charge on any atom is -0.303 e. The summed E-state index contributed by atoms with van der Waals surface area (Å²) in [6.45, 7) is 6.03. The number of rotatable bonds is 6. The Hall–Kier alpha value is -0.590. The Balaban J connectivity index is 2.38. The van der Waals surface area contributed by atoms with Crippen molar-refractivity contribution in [3.05, 3.63) is 0 Å². The van der Waals surface area contributed by atoms with E-state index in [1.54, 1.807) is 0 Å². The summed E-state index contributed by atoms with van der Waals surface area (Å²) < 4.78 is 0. The third kappa shape index (κ3) is 3.65. The van der Waals surface area contributed by atoms with Gasteiger partial charge in [0.05, 0.1) is 6.07 Å². The van der Waals surface area contributed by atoms with Gasteiger partial charge in [0, 0.05) is 12.6 Å². The van der Waals surface area contributed by atoms with Crippen molar-refractivity contribution in [2.45, 2.75) is 44.7 Å². The molecule has 0 amide bonds. The minimum atomic E-state index is -0.370. The summed E-state index contributed by atoms with van der Waals surface area (Å²) in [5.41, 5.74) is -0.370. The second-order valence-electron chi connectivity index (χ2n) is 4.60. The van der Waals surface area contributed by atoms with Crippen LogP contribution < -0.4 is 5.32 Å². The maximum Gasteiger partial charge on any atom is 0.116 e. The number of nitrogens with zero attached hydrogens (tertiary/aromatic N) is 2. The van der Waals surface area contributed by atoms with Gasteiger partial charge in [0.15, 0.2) is 0 Å². The SMILES string of the molecule is CCCN(C)CC(C)(C#N)NC1CC1. The van der Waals surface area contributed by atoms with Crippen molar-refractivity contribution in [2.24, 2.45) is 0 Å². The molecule has 1 saturated carbocycles. The third-order valence-corrected chi connectivity index (χ3v) is 2.54. The average molecular weight is 195 g/mol. The molecule has 0 aromatic rings. The molecule has 0 aromatic heterocycles. The molecule has 0 bridgehead atoms. The number of hydrogen-bond donors (Lipinski definition) is 1. The molecule has 14 heavy (non-hydrogen) atoms. The molecule has 1 fully saturated rings. The van der Waals surface area contributed by atoms with E-state index in [-0.39, 0.29) is 5.54 Å². The van der Waals surface area contributed by atoms with Crippen molar-refractivity contribution < 1.29 is 0 Å². The van der Waals surface area contributed by atoms with Crippen LogP contribution in [0.2, 0.25) is 0 Å². The molecule has 1 N–H and O–H groups in total. The van der Waals surface area contributed by atoms with Crippen LogP contribution in [0.5, 0.6) is 0 Å². The van der Waals surface area contributed by atoms with Crippen LogP contribution in [0.1, 0.15) is 33.1 Å². The summed E-state index contributed by atoms with van der Waals surface area (Å²) >= 11 is 0. The van der Waals surface area contributed by atoms with E-state index in [9.17, 15) is 0 Å². The van der Waals surface area contributed by atoms with Crippen LogP contribution in [0.4, 0.5) is 0 Å². The highest BCUT2D eigenvalue weighted by Crippen LogP contribution is 2.22. The van der Waals surface area contributed by atoms with Crippen molar-refractivity contribution in [3.63, 3.8) is 0 Å². The van der Waals surface area contributed by atoms with Gasteiger partial charge in [-0.25, -0.2) is 0 Å². The highest BCUT2D eigenvalue weighted by molar-refractivity contribution is 5.08. The van der Waals surface area contributed by atoms with E-state index < -0.39 is 0 Å². The lowest BCUT2D eigenvalue weighted by Crippen LogP contribution is -2.50. The highest BCUT2D eigenvalue weighted by Gasteiger charge is 2.33. The molecule has 1 aliphatic carbocycles. The van der Waals surface area contributed by atoms with Gasteiger partial charge in [-0.15, -0.1) is 0 Å². The Kier molecular flexibility index (Phi) is 3.91. The van der Waals surface area contributed by atoms with E-state index in [0.717, 1.165) is 19.5 Å². The van der Waals surface area contributed by atoms with Crippen LogP contribution in [-0.2, 0) is 0 Å². The Bertz CT molecular complexity index is 217. The van der Waals surface area contributed by atoms with Gasteiger partial charge in [0.25, 0.3) is 0 Å². The Morgan fingerprint density at radius 1 is 1.57 bits per heavy atom. The largest absolute Gasteiger partial charge is 0.303 e. The highest BCUT2D eigenvalue weighted by atomic mass is 15.2. The normalized spacial score (nSPS) is 20.5. The molecule has 1 aliphatic rings. The Morgan fingerprint density at radius 2 is 2.21 bits per heavy atom. The van der Waals surface area contributed by atoms with E-state index >= 15 is 0 Å². The molecule has 1 unspecified atom stereocenters. The zero-order valence-electron chi connectivity index (χ0n) is 9.51. The van der Waals surface area contributed by atoms with Crippen LogP contribution in [0.15, 0.2) is 0 Å². The maximum atomic E-state index is 9.14. The van der Waals surface area contributed by atoms with Crippen LogP contribution in [0.3, 0.4) is 0 Å². The molecule has 0 aromatic carbocycles. The summed E-state index contributed by atoms with van der Waals surface area (Å²) in [6.07, 6.45) is 3.60. The summed E-state index contributed by atoms with van der Waals surface area (Å²) in [6, 6.07) is 2.98. The summed E-state index contributed by atoms with van der Waals surface area (Å²) in [4.78, 5) is 2.22. The predicted octanol–water partition coefficient (Wildman–Crippen LogP) is 1.36. The molecule has 0 saturated heterocycles. The number of hydrogen-bond acceptors (Lipinski definition) is 3. The molecular weight excluding hydrogens is 174 g/mol. The lowest BCUT2D eigenvalue weighted by Gasteiger charge is -2.28. The van der Waals surface area contributed by atoms with Crippen molar-refractivity contribution in [2.75, 3.05) is 20.1 Å². The second-order valence-corrected chi connectivity index (χ2v) is 4.60. The standard InChI is InChI=1S/C11H21N3/c1-4-7-14(3)9-11(2,8-12)13-10-5-6-10/h10,13H,4-7,9H2,1-3H3. The van der Waals surface area contributed by atoms with Crippen LogP contribution >= 0.6 is 0 Å². The van der Waals surface area contributed by atoms with Gasteiger partial charge < -0.3 is 4.90 Å². The van der Waals surface area contributed by atoms with Gasteiger partial charge in [-0.05, 0) is 39.8 Å². The van der Waals surface area contributed by atoms with Gasteiger partial charge in [-0.1, -0.05) is 6.92 Å². The van der Waals surface area contributed by atoms with Crippen molar-refractivity contribution >= 4 is 0 Å². The monoisotopic (exact) mass is 195 g/mol. The molecule has 3 heteroatoms. The lowest BCUT2D eigenvalue weighted by atomic mass is 10.0. The number of nitrogens with one attached hydrogen (secondary N) is 1. The first-order valence-corrected chi connectivity index (χ1v) is 5.47. The van der Waals surface area contributed by atoms with Gasteiger partial charge >= 0.3 is 0 Å². The fraction of sp³-hybridized carbons (Fsp3) is 0.909. The fourth-order valence-electron chi connectivity index (χ4n) is 1.79. The van der Waals surface area contributed by atoms with Crippen molar-refractivity contribution in [1.29, 1.82) is 5.26 Å². The molecule has 3 nitrogen and oxygen atoms in total. The average Bonchev–Trinajstić information content (AvgIpc) is 2.88. The zero-order chi connectivity index (χ0) is 10.6. The molecule has 80 valence electrons. The first kappa shape index (κ1) is 11.5. The van der Waals surface area contributed by atoms with Crippen LogP contribution in [0.25, 0.3) is 0 Å². The molecule has 1 rings (SSSR count). The fourth-order valence-corrected chi connectivity index (χ4v) is 1.79. The first-order chi connectivity index (χ1) is 6.59. The third-order valence-electron chi connectivity index (χ3n) is 2.54. The molecule has 0 spiro atoms. The smallest absolute Gasteiger partial charge is 0.116 e. The molecular formula is C11H21N3.